The number of nitrogens with two attached hydrogens (primary N) is 2. The lowest BCUT2D eigenvalue weighted by Crippen LogP contribution is -2.31. The molecule has 190 valence electrons. The summed E-state index contributed by atoms with van der Waals surface area (Å²) in [5, 5.41) is 16.6. The van der Waals surface area contributed by atoms with Crippen LogP contribution in [0.3, 0.4) is 0 Å². The Bertz CT molecular complexity index is 1250. The molecule has 2 heterocycles. The number of amides is 2. The van der Waals surface area contributed by atoms with E-state index in [0.717, 1.165) is 11.6 Å². The number of hydrogen-bond donors (Lipinski definition) is 4. The summed E-state index contributed by atoms with van der Waals surface area (Å²) >= 11 is 0. The largest absolute Gasteiger partial charge is 0.496 e. The van der Waals surface area contributed by atoms with E-state index >= 15 is 0 Å². The molecule has 2 amide bonds. The first-order chi connectivity index (χ1) is 17.3. The minimum absolute atomic E-state index is 0.0539. The molecule has 3 aromatic rings. The third kappa shape index (κ3) is 5.16. The zero-order chi connectivity index (χ0) is 25.8. The van der Waals surface area contributed by atoms with Crippen LogP contribution in [0.4, 0.5) is 10.2 Å². The number of carbonyl (C=O) groups excluding carboxylic acids is 2. The molecule has 1 aromatic heterocycles. The van der Waals surface area contributed by atoms with Gasteiger partial charge in [-0.05, 0) is 36.6 Å². The van der Waals surface area contributed by atoms with Gasteiger partial charge in [-0.15, -0.1) is 0 Å². The van der Waals surface area contributed by atoms with Crippen molar-refractivity contribution in [1.82, 2.24) is 15.1 Å². The van der Waals surface area contributed by atoms with Crippen LogP contribution < -0.4 is 21.5 Å². The lowest BCUT2D eigenvalue weighted by molar-refractivity contribution is -0.0406. The summed E-state index contributed by atoms with van der Waals surface area (Å²) in [7, 11) is 1.41. The number of nitrogens with zero attached hydrogens (tertiary/aromatic N) is 2. The molecule has 2 unspecified atom stereocenters. The van der Waals surface area contributed by atoms with Gasteiger partial charge in [0.05, 0.1) is 38.0 Å². The number of aliphatic hydroxyl groups excluding tert-OH is 1. The SMILES string of the molecule is COc1ccc(F)cc1C(=O)NCc1ccc(-c2nn(C3CCC(CO)OC3)c(N)c2C(N)=O)cc1. The molecular weight excluding hydrogens is 469 g/mol. The normalized spacial score (nSPS) is 17.5. The number of primary amides is 1. The number of aromatic nitrogens is 2. The van der Waals surface area contributed by atoms with E-state index in [4.69, 9.17) is 20.9 Å². The number of hydrogen-bond acceptors (Lipinski definition) is 7. The predicted octanol–water partition coefficient (Wildman–Crippen LogP) is 2.02. The second-order valence-corrected chi connectivity index (χ2v) is 8.51. The fourth-order valence-corrected chi connectivity index (χ4v) is 4.22. The first-order valence-corrected chi connectivity index (χ1v) is 11.4. The van der Waals surface area contributed by atoms with Crippen molar-refractivity contribution in [3.8, 4) is 17.0 Å². The number of carbonyl (C=O) groups is 2. The molecule has 1 aliphatic heterocycles. The number of methoxy groups -OCH3 is 1. The lowest BCUT2D eigenvalue weighted by Gasteiger charge is -2.28. The van der Waals surface area contributed by atoms with Crippen LogP contribution in [-0.4, -0.2) is 53.1 Å². The Balaban J connectivity index is 1.51. The van der Waals surface area contributed by atoms with Crippen LogP contribution in [0.25, 0.3) is 11.3 Å². The van der Waals surface area contributed by atoms with Crippen LogP contribution in [0, 0.1) is 5.82 Å². The molecule has 4 rings (SSSR count). The Morgan fingerprint density at radius 2 is 2.00 bits per heavy atom. The summed E-state index contributed by atoms with van der Waals surface area (Å²) < 4.78 is 25.9. The highest BCUT2D eigenvalue weighted by molar-refractivity contribution is 6.03. The van der Waals surface area contributed by atoms with Crippen LogP contribution >= 0.6 is 0 Å². The summed E-state index contributed by atoms with van der Waals surface area (Å²) in [6, 6.07) is 10.6. The van der Waals surface area contributed by atoms with Gasteiger partial charge in [0.15, 0.2) is 0 Å². The van der Waals surface area contributed by atoms with Crippen LogP contribution in [0.15, 0.2) is 42.5 Å². The number of anilines is 1. The van der Waals surface area contributed by atoms with Crippen molar-refractivity contribution in [1.29, 1.82) is 0 Å². The van der Waals surface area contributed by atoms with E-state index in [1.54, 1.807) is 28.9 Å². The van der Waals surface area contributed by atoms with Gasteiger partial charge in [0.25, 0.3) is 11.8 Å². The number of benzene rings is 2. The monoisotopic (exact) mass is 497 g/mol. The molecule has 0 spiro atoms. The molecule has 0 aliphatic carbocycles. The molecule has 11 heteroatoms. The van der Waals surface area contributed by atoms with Crippen molar-refractivity contribution < 1.29 is 28.6 Å². The van der Waals surface area contributed by atoms with E-state index in [9.17, 15) is 19.1 Å². The lowest BCUT2D eigenvalue weighted by atomic mass is 10.0. The zero-order valence-corrected chi connectivity index (χ0v) is 19.7. The van der Waals surface area contributed by atoms with E-state index in [1.807, 2.05) is 0 Å². The van der Waals surface area contributed by atoms with Gasteiger partial charge in [0, 0.05) is 12.1 Å². The molecule has 36 heavy (non-hydrogen) atoms. The predicted molar refractivity (Wildman–Crippen MR) is 130 cm³/mol. The summed E-state index contributed by atoms with van der Waals surface area (Å²) in [5.74, 6) is -1.28. The van der Waals surface area contributed by atoms with Gasteiger partial charge in [0.2, 0.25) is 0 Å². The van der Waals surface area contributed by atoms with E-state index in [0.29, 0.717) is 30.7 Å². The Morgan fingerprint density at radius 1 is 1.25 bits per heavy atom. The highest BCUT2D eigenvalue weighted by Gasteiger charge is 2.29. The first kappa shape index (κ1) is 25.1. The van der Waals surface area contributed by atoms with Crippen molar-refractivity contribution in [2.45, 2.75) is 31.5 Å². The molecule has 1 saturated heterocycles. The summed E-state index contributed by atoms with van der Waals surface area (Å²) in [6.45, 7) is 0.439. The number of aliphatic hydroxyl groups is 1. The van der Waals surface area contributed by atoms with Gasteiger partial charge in [-0.2, -0.15) is 5.10 Å². The Hall–Kier alpha value is -3.96. The van der Waals surface area contributed by atoms with E-state index < -0.39 is 17.6 Å². The second-order valence-electron chi connectivity index (χ2n) is 8.51. The Labute approximate surface area is 207 Å². The summed E-state index contributed by atoms with van der Waals surface area (Å²) in [5.41, 5.74) is 13.8. The second kappa shape index (κ2) is 10.8. The smallest absolute Gasteiger partial charge is 0.255 e. The molecule has 1 aliphatic rings. The molecule has 0 bridgehead atoms. The van der Waals surface area contributed by atoms with Crippen LogP contribution in [0.5, 0.6) is 5.75 Å². The van der Waals surface area contributed by atoms with Crippen molar-refractivity contribution in [3.05, 3.63) is 65.0 Å². The van der Waals surface area contributed by atoms with Crippen LogP contribution in [0.1, 0.15) is 45.2 Å². The van der Waals surface area contributed by atoms with Gasteiger partial charge in [0.1, 0.15) is 28.6 Å². The topological polar surface area (TPSA) is 155 Å². The fraction of sp³-hybridized carbons (Fsp3) is 0.320. The number of halogens is 1. The third-order valence-electron chi connectivity index (χ3n) is 6.18. The molecule has 0 saturated carbocycles. The zero-order valence-electron chi connectivity index (χ0n) is 19.7. The fourth-order valence-electron chi connectivity index (χ4n) is 4.22. The number of nitrogen functional groups attached to an aromatic ring is 1. The number of ether oxygens (including phenoxy) is 2. The third-order valence-corrected chi connectivity index (χ3v) is 6.18. The first-order valence-electron chi connectivity index (χ1n) is 11.4. The summed E-state index contributed by atoms with van der Waals surface area (Å²) in [6.07, 6.45) is 1.11. The van der Waals surface area contributed by atoms with Crippen LogP contribution in [-0.2, 0) is 11.3 Å². The maximum absolute atomic E-state index is 13.6. The summed E-state index contributed by atoms with van der Waals surface area (Å²) in [4.78, 5) is 24.7. The number of rotatable bonds is 8. The molecule has 2 atom stereocenters. The molecule has 6 N–H and O–H groups in total. The highest BCUT2D eigenvalue weighted by atomic mass is 19.1. The van der Waals surface area contributed by atoms with Gasteiger partial charge in [-0.25, -0.2) is 9.07 Å². The Morgan fingerprint density at radius 3 is 2.61 bits per heavy atom. The maximum atomic E-state index is 13.6. The van der Waals surface area contributed by atoms with E-state index in [1.165, 1.54) is 19.2 Å². The molecular formula is C25H28FN5O5. The van der Waals surface area contributed by atoms with E-state index in [-0.39, 0.29) is 48.0 Å². The minimum atomic E-state index is -0.695. The molecule has 2 aromatic carbocycles. The standard InChI is InChI=1S/C25H28FN5O5/c1-35-20-9-6-16(26)10-19(20)25(34)29-11-14-2-4-15(5-3-14)22-21(24(28)33)23(27)31(30-22)17-7-8-18(12-32)36-13-17/h2-6,9-10,17-18,32H,7-8,11-13,27H2,1H3,(H2,28,33)(H,29,34). The van der Waals surface area contributed by atoms with Crippen molar-refractivity contribution in [3.63, 3.8) is 0 Å². The van der Waals surface area contributed by atoms with Crippen LogP contribution in [0.2, 0.25) is 0 Å². The quantitative estimate of drug-likeness (QED) is 0.371. The van der Waals surface area contributed by atoms with Gasteiger partial charge in [-0.3, -0.25) is 9.59 Å². The van der Waals surface area contributed by atoms with Crippen molar-refractivity contribution >= 4 is 17.6 Å². The highest BCUT2D eigenvalue weighted by Crippen LogP contribution is 2.32. The average Bonchev–Trinajstić information content (AvgIpc) is 3.24. The molecule has 1 fully saturated rings. The molecule has 0 radical (unpaired) electrons. The average molecular weight is 498 g/mol. The van der Waals surface area contributed by atoms with Gasteiger partial charge in [-0.1, -0.05) is 24.3 Å². The number of nitrogens with one attached hydrogen (secondary N) is 1. The van der Waals surface area contributed by atoms with Crippen molar-refractivity contribution in [2.24, 2.45) is 5.73 Å². The minimum Gasteiger partial charge on any atom is -0.496 e. The van der Waals surface area contributed by atoms with Crippen molar-refractivity contribution in [2.75, 3.05) is 26.1 Å². The molecule has 10 nitrogen and oxygen atoms in total. The Kier molecular flexibility index (Phi) is 7.51. The van der Waals surface area contributed by atoms with Gasteiger partial charge >= 0.3 is 0 Å². The maximum Gasteiger partial charge on any atom is 0.255 e. The van der Waals surface area contributed by atoms with E-state index in [2.05, 4.69) is 10.4 Å². The van der Waals surface area contributed by atoms with Gasteiger partial charge < -0.3 is 31.4 Å².